The first-order valence-corrected chi connectivity index (χ1v) is 14.0. The van der Waals surface area contributed by atoms with E-state index in [2.05, 4.69) is 26.0 Å². The summed E-state index contributed by atoms with van der Waals surface area (Å²) in [4.78, 5) is 12.5. The van der Waals surface area contributed by atoms with Gasteiger partial charge in [-0.3, -0.25) is 0 Å². The van der Waals surface area contributed by atoms with Crippen LogP contribution in [0.2, 0.25) is 0 Å². The minimum absolute atomic E-state index is 0.385. The summed E-state index contributed by atoms with van der Waals surface area (Å²) in [5, 5.41) is 0. The molecular weight excluding hydrogens is 448 g/mol. The maximum absolute atomic E-state index is 12.5. The van der Waals surface area contributed by atoms with Crippen molar-refractivity contribution >= 4 is 5.97 Å². The van der Waals surface area contributed by atoms with Crippen LogP contribution < -0.4 is 14.2 Å². The van der Waals surface area contributed by atoms with Crippen molar-refractivity contribution in [2.24, 2.45) is 11.8 Å². The third-order valence-corrected chi connectivity index (χ3v) is 7.00. The van der Waals surface area contributed by atoms with Gasteiger partial charge in [-0.1, -0.05) is 64.5 Å². The minimum Gasteiger partial charge on any atom is -0.494 e. The summed E-state index contributed by atoms with van der Waals surface area (Å²) in [6.07, 6.45) is 18.7. The number of esters is 1. The van der Waals surface area contributed by atoms with Gasteiger partial charge in [0, 0.05) is 0 Å². The highest BCUT2D eigenvalue weighted by Crippen LogP contribution is 2.32. The molecule has 0 amide bonds. The van der Waals surface area contributed by atoms with Gasteiger partial charge in [0.2, 0.25) is 0 Å². The van der Waals surface area contributed by atoms with Crippen molar-refractivity contribution in [1.29, 1.82) is 0 Å². The predicted molar refractivity (Wildman–Crippen MR) is 147 cm³/mol. The molecule has 4 nitrogen and oxygen atoms in total. The highest BCUT2D eigenvalue weighted by molar-refractivity contribution is 5.91. The Morgan fingerprint density at radius 2 is 1.39 bits per heavy atom. The first-order chi connectivity index (χ1) is 17.7. The Balaban J connectivity index is 1.34. The molecule has 0 saturated heterocycles. The number of unbranched alkanes of at least 4 members (excludes halogenated alkanes) is 4. The fraction of sp³-hybridized carbons (Fsp3) is 0.531. The Hall–Kier alpha value is -2.75. The number of hydrogen-bond donors (Lipinski definition) is 0. The molecule has 0 bridgehead atoms. The molecule has 1 fully saturated rings. The van der Waals surface area contributed by atoms with Crippen molar-refractivity contribution in [2.75, 3.05) is 13.2 Å². The van der Waals surface area contributed by atoms with Gasteiger partial charge in [-0.2, -0.15) is 0 Å². The molecule has 0 radical (unpaired) electrons. The first-order valence-electron chi connectivity index (χ1n) is 14.0. The van der Waals surface area contributed by atoms with Crippen molar-refractivity contribution in [3.63, 3.8) is 0 Å². The van der Waals surface area contributed by atoms with Crippen LogP contribution in [0, 0.1) is 11.8 Å². The first kappa shape index (κ1) is 27.8. The van der Waals surface area contributed by atoms with E-state index in [0.717, 1.165) is 30.3 Å². The van der Waals surface area contributed by atoms with Crippen molar-refractivity contribution < 1.29 is 19.0 Å². The number of rotatable bonds is 15. The lowest BCUT2D eigenvalue weighted by molar-refractivity contribution is 0.0734. The maximum atomic E-state index is 12.5. The Labute approximate surface area is 218 Å². The summed E-state index contributed by atoms with van der Waals surface area (Å²) in [6.45, 7) is 5.70. The van der Waals surface area contributed by atoms with Gasteiger partial charge in [0.05, 0.1) is 12.2 Å². The molecule has 1 aliphatic carbocycles. The smallest absolute Gasteiger partial charge is 0.343 e. The lowest BCUT2D eigenvalue weighted by atomic mass is 9.79. The fourth-order valence-electron chi connectivity index (χ4n) is 4.74. The molecule has 0 unspecified atom stereocenters. The SMILES string of the molecule is CCCCCOc1ccc(C(=O)Oc2ccc(OCC=CC3CCC(CCCCC)CC3)cc2)cc1. The van der Waals surface area contributed by atoms with Gasteiger partial charge >= 0.3 is 5.97 Å². The largest absolute Gasteiger partial charge is 0.494 e. The van der Waals surface area contributed by atoms with Gasteiger partial charge in [-0.05, 0) is 92.5 Å². The molecule has 3 rings (SSSR count). The summed E-state index contributed by atoms with van der Waals surface area (Å²) >= 11 is 0. The fourth-order valence-corrected chi connectivity index (χ4v) is 4.74. The summed E-state index contributed by atoms with van der Waals surface area (Å²) in [5.41, 5.74) is 0.497. The Morgan fingerprint density at radius 3 is 2.08 bits per heavy atom. The molecule has 0 heterocycles. The number of carbonyl (C=O) groups is 1. The average molecular weight is 493 g/mol. The highest BCUT2D eigenvalue weighted by atomic mass is 16.5. The lowest BCUT2D eigenvalue weighted by Gasteiger charge is -2.26. The van der Waals surface area contributed by atoms with E-state index >= 15 is 0 Å². The average Bonchev–Trinajstić information content (AvgIpc) is 2.91. The topological polar surface area (TPSA) is 44.8 Å². The molecule has 1 saturated carbocycles. The van der Waals surface area contributed by atoms with Gasteiger partial charge in [0.15, 0.2) is 0 Å². The van der Waals surface area contributed by atoms with Crippen LogP contribution in [-0.4, -0.2) is 19.2 Å². The summed E-state index contributed by atoms with van der Waals surface area (Å²) in [5.74, 6) is 3.29. The zero-order chi connectivity index (χ0) is 25.4. The summed E-state index contributed by atoms with van der Waals surface area (Å²) < 4.78 is 17.0. The van der Waals surface area contributed by atoms with Crippen LogP contribution >= 0.6 is 0 Å². The molecule has 36 heavy (non-hydrogen) atoms. The Morgan fingerprint density at radius 1 is 0.778 bits per heavy atom. The normalized spacial score (nSPS) is 17.7. The van der Waals surface area contributed by atoms with Crippen molar-refractivity contribution in [1.82, 2.24) is 0 Å². The van der Waals surface area contributed by atoms with Crippen molar-refractivity contribution in [3.8, 4) is 17.2 Å². The molecule has 0 aromatic heterocycles. The van der Waals surface area contributed by atoms with Gasteiger partial charge in [0.25, 0.3) is 0 Å². The molecular formula is C32H44O4. The second-order valence-corrected chi connectivity index (χ2v) is 9.96. The second-order valence-electron chi connectivity index (χ2n) is 9.96. The molecule has 1 aliphatic rings. The molecule has 2 aromatic carbocycles. The van der Waals surface area contributed by atoms with E-state index < -0.39 is 0 Å². The third-order valence-electron chi connectivity index (χ3n) is 7.00. The Bertz CT molecular complexity index is 893. The quantitative estimate of drug-likeness (QED) is 0.108. The van der Waals surface area contributed by atoms with Crippen molar-refractivity contribution in [3.05, 3.63) is 66.2 Å². The van der Waals surface area contributed by atoms with E-state index in [4.69, 9.17) is 14.2 Å². The third kappa shape index (κ3) is 10.1. The number of hydrogen-bond acceptors (Lipinski definition) is 4. The number of ether oxygens (including phenoxy) is 3. The lowest BCUT2D eigenvalue weighted by Crippen LogP contribution is -2.13. The highest BCUT2D eigenvalue weighted by Gasteiger charge is 2.18. The van der Waals surface area contributed by atoms with E-state index in [-0.39, 0.29) is 5.97 Å². The molecule has 0 N–H and O–H groups in total. The molecule has 0 atom stereocenters. The van der Waals surface area contributed by atoms with Gasteiger partial charge < -0.3 is 14.2 Å². The molecule has 2 aromatic rings. The van der Waals surface area contributed by atoms with Gasteiger partial charge in [0.1, 0.15) is 23.9 Å². The van der Waals surface area contributed by atoms with Crippen LogP contribution in [0.25, 0.3) is 0 Å². The number of allylic oxidation sites excluding steroid dienone is 1. The van der Waals surface area contributed by atoms with Crippen LogP contribution in [0.15, 0.2) is 60.7 Å². The van der Waals surface area contributed by atoms with E-state index in [0.29, 0.717) is 30.4 Å². The van der Waals surface area contributed by atoms with Crippen LogP contribution in [-0.2, 0) is 0 Å². The van der Waals surface area contributed by atoms with Crippen LogP contribution in [0.1, 0.15) is 94.8 Å². The zero-order valence-corrected chi connectivity index (χ0v) is 22.3. The maximum Gasteiger partial charge on any atom is 0.343 e. The van der Waals surface area contributed by atoms with Crippen LogP contribution in [0.4, 0.5) is 0 Å². The molecule has 0 spiro atoms. The van der Waals surface area contributed by atoms with E-state index in [9.17, 15) is 4.79 Å². The van der Waals surface area contributed by atoms with E-state index in [1.165, 1.54) is 57.8 Å². The predicted octanol–water partition coefficient (Wildman–Crippen LogP) is 8.80. The molecule has 196 valence electrons. The number of benzene rings is 2. The van der Waals surface area contributed by atoms with Crippen LogP contribution in [0.3, 0.4) is 0 Å². The zero-order valence-electron chi connectivity index (χ0n) is 22.3. The monoisotopic (exact) mass is 492 g/mol. The van der Waals surface area contributed by atoms with E-state index in [1.807, 2.05) is 24.3 Å². The summed E-state index contributed by atoms with van der Waals surface area (Å²) in [7, 11) is 0. The van der Waals surface area contributed by atoms with E-state index in [1.54, 1.807) is 24.3 Å². The minimum atomic E-state index is -0.385. The number of carbonyl (C=O) groups excluding carboxylic acids is 1. The standard InChI is InChI=1S/C32H44O4/c1-3-5-7-10-26-12-14-27(15-13-26)11-9-25-35-30-20-22-31(23-21-30)36-32(33)28-16-18-29(19-17-28)34-24-8-6-4-2/h9,11,16-23,26-27H,3-8,10,12-15,24-25H2,1-2H3. The molecule has 4 heteroatoms. The second kappa shape index (κ2) is 16.1. The van der Waals surface area contributed by atoms with Gasteiger partial charge in [-0.15, -0.1) is 0 Å². The summed E-state index contributed by atoms with van der Waals surface area (Å²) in [6, 6.07) is 14.3. The van der Waals surface area contributed by atoms with Crippen LogP contribution in [0.5, 0.6) is 17.2 Å². The molecule has 0 aliphatic heterocycles. The van der Waals surface area contributed by atoms with Crippen molar-refractivity contribution in [2.45, 2.75) is 84.5 Å². The Kier molecular flexibility index (Phi) is 12.4. The van der Waals surface area contributed by atoms with Gasteiger partial charge in [-0.25, -0.2) is 4.79 Å².